The number of esters is 1. The molecule has 0 unspecified atom stereocenters. The molecule has 23 heavy (non-hydrogen) atoms. The average molecular weight is 360 g/mol. The second kappa shape index (κ2) is 10.3. The fraction of sp³-hybridized carbons (Fsp3) is 0.375. The highest BCUT2D eigenvalue weighted by Crippen LogP contribution is 2.21. The van der Waals surface area contributed by atoms with E-state index in [0.717, 1.165) is 0 Å². The van der Waals surface area contributed by atoms with Crippen molar-refractivity contribution in [3.8, 4) is 0 Å². The number of hydrogen-bond donors (Lipinski definition) is 0. The van der Waals surface area contributed by atoms with Crippen LogP contribution in [0.25, 0.3) is 6.08 Å². The number of benzene rings is 1. The number of carbonyl (C=O) groups is 2. The molecule has 0 atom stereocenters. The molecule has 5 nitrogen and oxygen atoms in total. The third-order valence-electron chi connectivity index (χ3n) is 3.05. The molecule has 0 aliphatic heterocycles. The van der Waals surface area contributed by atoms with Crippen LogP contribution in [0, 0.1) is 0 Å². The van der Waals surface area contributed by atoms with Gasteiger partial charge in [0.15, 0.2) is 0 Å². The Balaban J connectivity index is 2.76. The number of nitrogens with zero attached hydrogens (tertiary/aromatic N) is 1. The van der Waals surface area contributed by atoms with Gasteiger partial charge in [-0.25, -0.2) is 0 Å². The monoisotopic (exact) mass is 359 g/mol. The van der Waals surface area contributed by atoms with Gasteiger partial charge in [0.2, 0.25) is 5.91 Å². The molecule has 0 saturated heterocycles. The van der Waals surface area contributed by atoms with Gasteiger partial charge >= 0.3 is 5.97 Å². The van der Waals surface area contributed by atoms with Gasteiger partial charge in [0.25, 0.3) is 0 Å². The molecular formula is C16H19Cl2NO4. The maximum Gasteiger partial charge on any atom is 0.307 e. The summed E-state index contributed by atoms with van der Waals surface area (Å²) < 4.78 is 9.57. The maximum absolute atomic E-state index is 12.3. The van der Waals surface area contributed by atoms with Crippen molar-refractivity contribution in [3.63, 3.8) is 0 Å². The zero-order chi connectivity index (χ0) is 17.2. The van der Waals surface area contributed by atoms with Crippen molar-refractivity contribution in [2.45, 2.75) is 6.42 Å². The molecule has 0 bridgehead atoms. The minimum atomic E-state index is -0.373. The molecular weight excluding hydrogens is 341 g/mol. The third kappa shape index (κ3) is 7.03. The Morgan fingerprint density at radius 3 is 2.61 bits per heavy atom. The van der Waals surface area contributed by atoms with Gasteiger partial charge in [-0.05, 0) is 29.8 Å². The summed E-state index contributed by atoms with van der Waals surface area (Å²) in [5.74, 6) is -0.621. The van der Waals surface area contributed by atoms with Gasteiger partial charge in [-0.3, -0.25) is 9.59 Å². The van der Waals surface area contributed by atoms with E-state index >= 15 is 0 Å². The molecule has 0 radical (unpaired) electrons. The van der Waals surface area contributed by atoms with Gasteiger partial charge in [0, 0.05) is 36.3 Å². The minimum absolute atomic E-state index is 0.123. The van der Waals surface area contributed by atoms with Gasteiger partial charge in [-0.15, -0.1) is 0 Å². The van der Waals surface area contributed by atoms with Crippen LogP contribution in [0.2, 0.25) is 10.0 Å². The predicted octanol–water partition coefficient (Wildman–Crippen LogP) is 3.04. The number of halogens is 2. The lowest BCUT2D eigenvalue weighted by Gasteiger charge is -2.20. The molecule has 1 aromatic carbocycles. The van der Waals surface area contributed by atoms with Gasteiger partial charge < -0.3 is 14.4 Å². The highest BCUT2D eigenvalue weighted by atomic mass is 35.5. The number of rotatable bonds is 8. The van der Waals surface area contributed by atoms with Crippen LogP contribution >= 0.6 is 23.2 Å². The van der Waals surface area contributed by atoms with E-state index in [9.17, 15) is 9.59 Å². The van der Waals surface area contributed by atoms with E-state index in [1.807, 2.05) is 0 Å². The summed E-state index contributed by atoms with van der Waals surface area (Å²) in [6.07, 6.45) is 3.11. The van der Waals surface area contributed by atoms with Crippen molar-refractivity contribution in [1.82, 2.24) is 4.90 Å². The summed E-state index contributed by atoms with van der Waals surface area (Å²) in [6.45, 7) is 1.00. The number of carbonyl (C=O) groups excluding carboxylic acids is 2. The largest absolute Gasteiger partial charge is 0.469 e. The fourth-order valence-corrected chi connectivity index (χ4v) is 2.13. The molecule has 0 aliphatic rings. The van der Waals surface area contributed by atoms with E-state index in [2.05, 4.69) is 4.74 Å². The number of ether oxygens (including phenoxy) is 2. The first-order chi connectivity index (χ1) is 11.0. The first-order valence-corrected chi connectivity index (χ1v) is 7.71. The van der Waals surface area contributed by atoms with Crippen molar-refractivity contribution in [3.05, 3.63) is 39.9 Å². The van der Waals surface area contributed by atoms with Crippen molar-refractivity contribution < 1.29 is 19.1 Å². The van der Waals surface area contributed by atoms with E-state index in [4.69, 9.17) is 27.9 Å². The summed E-state index contributed by atoms with van der Waals surface area (Å²) >= 11 is 12.0. The molecule has 0 aromatic heterocycles. The molecule has 0 saturated carbocycles. The van der Waals surface area contributed by atoms with Crippen LogP contribution in [-0.4, -0.2) is 50.7 Å². The summed E-state index contributed by atoms with van der Waals surface area (Å²) in [7, 11) is 2.86. The van der Waals surface area contributed by atoms with E-state index in [1.165, 1.54) is 18.1 Å². The summed E-state index contributed by atoms with van der Waals surface area (Å²) in [4.78, 5) is 25.0. The average Bonchev–Trinajstić information content (AvgIpc) is 2.55. The molecule has 0 N–H and O–H groups in total. The van der Waals surface area contributed by atoms with E-state index in [0.29, 0.717) is 28.8 Å². The van der Waals surface area contributed by atoms with Crippen LogP contribution in [0.15, 0.2) is 24.3 Å². The Kier molecular flexibility index (Phi) is 8.69. The van der Waals surface area contributed by atoms with Crippen LogP contribution in [0.1, 0.15) is 12.0 Å². The quantitative estimate of drug-likeness (QED) is 0.528. The lowest BCUT2D eigenvalue weighted by atomic mass is 10.2. The Morgan fingerprint density at radius 1 is 1.22 bits per heavy atom. The van der Waals surface area contributed by atoms with Crippen LogP contribution < -0.4 is 0 Å². The molecule has 1 rings (SSSR count). The van der Waals surface area contributed by atoms with E-state index in [-0.39, 0.29) is 24.8 Å². The minimum Gasteiger partial charge on any atom is -0.469 e. The van der Waals surface area contributed by atoms with E-state index < -0.39 is 0 Å². The summed E-state index contributed by atoms with van der Waals surface area (Å²) in [5.41, 5.74) is 0.646. The molecule has 1 amide bonds. The molecule has 7 heteroatoms. The van der Waals surface area contributed by atoms with Crippen molar-refractivity contribution in [1.29, 1.82) is 0 Å². The second-order valence-corrected chi connectivity index (χ2v) is 5.49. The van der Waals surface area contributed by atoms with Crippen molar-refractivity contribution in [2.24, 2.45) is 0 Å². The van der Waals surface area contributed by atoms with E-state index in [1.54, 1.807) is 31.4 Å². The smallest absolute Gasteiger partial charge is 0.307 e. The number of amides is 1. The molecule has 126 valence electrons. The number of hydrogen-bond acceptors (Lipinski definition) is 4. The number of methoxy groups -OCH3 is 2. The molecule has 0 fully saturated rings. The SMILES string of the molecule is COCCN(CCC(=O)OC)C(=O)/C=C/c1cc(Cl)ccc1Cl. The predicted molar refractivity (Wildman–Crippen MR) is 90.6 cm³/mol. The standard InChI is InChI=1S/C16H19Cl2NO4/c1-22-10-9-19(8-7-16(21)23-2)15(20)6-3-12-11-13(17)4-5-14(12)18/h3-6,11H,7-10H2,1-2H3/b6-3+. The normalized spacial score (nSPS) is 10.8. The van der Waals surface area contributed by atoms with Gasteiger partial charge in [-0.1, -0.05) is 23.2 Å². The lowest BCUT2D eigenvalue weighted by molar-refractivity contribution is -0.141. The highest BCUT2D eigenvalue weighted by Gasteiger charge is 2.13. The zero-order valence-corrected chi connectivity index (χ0v) is 14.6. The van der Waals surface area contributed by atoms with Crippen LogP contribution in [-0.2, 0) is 19.1 Å². The Hall–Kier alpha value is -1.56. The molecule has 1 aromatic rings. The van der Waals surface area contributed by atoms with Crippen LogP contribution in [0.5, 0.6) is 0 Å². The Labute approximate surface area is 145 Å². The topological polar surface area (TPSA) is 55.8 Å². The Bertz CT molecular complexity index is 575. The summed E-state index contributed by atoms with van der Waals surface area (Å²) in [5, 5.41) is 1.03. The maximum atomic E-state index is 12.3. The van der Waals surface area contributed by atoms with Gasteiger partial charge in [-0.2, -0.15) is 0 Å². The first-order valence-electron chi connectivity index (χ1n) is 6.95. The molecule has 0 heterocycles. The lowest BCUT2D eigenvalue weighted by Crippen LogP contribution is -2.34. The van der Waals surface area contributed by atoms with Gasteiger partial charge in [0.05, 0.1) is 20.1 Å². The third-order valence-corrected chi connectivity index (χ3v) is 3.63. The molecule has 0 aliphatic carbocycles. The van der Waals surface area contributed by atoms with Crippen molar-refractivity contribution in [2.75, 3.05) is 33.9 Å². The highest BCUT2D eigenvalue weighted by molar-refractivity contribution is 6.34. The summed E-state index contributed by atoms with van der Waals surface area (Å²) in [6, 6.07) is 5.00. The van der Waals surface area contributed by atoms with Crippen LogP contribution in [0.3, 0.4) is 0 Å². The fourth-order valence-electron chi connectivity index (χ4n) is 1.77. The molecule has 0 spiro atoms. The first kappa shape index (κ1) is 19.5. The Morgan fingerprint density at radius 2 is 1.96 bits per heavy atom. The second-order valence-electron chi connectivity index (χ2n) is 4.64. The zero-order valence-electron chi connectivity index (χ0n) is 13.1. The van der Waals surface area contributed by atoms with Gasteiger partial charge in [0.1, 0.15) is 0 Å². The van der Waals surface area contributed by atoms with Crippen molar-refractivity contribution >= 4 is 41.2 Å². The van der Waals surface area contributed by atoms with Crippen LogP contribution in [0.4, 0.5) is 0 Å².